The molecule has 5 nitrogen and oxygen atoms in total. The summed E-state index contributed by atoms with van der Waals surface area (Å²) in [5, 5.41) is 2.54. The number of hydrogen-bond donors (Lipinski definition) is 1. The first-order valence-corrected chi connectivity index (χ1v) is 6.82. The first-order chi connectivity index (χ1) is 7.10. The average molecular weight is 237 g/mol. The third-order valence-corrected chi connectivity index (χ3v) is 3.51. The molecule has 0 spiro atoms. The van der Waals surface area contributed by atoms with Crippen LogP contribution in [0.15, 0.2) is 0 Å². The van der Waals surface area contributed by atoms with Gasteiger partial charge in [-0.15, -0.1) is 0 Å². The number of amides is 1. The maximum atomic E-state index is 11.9. The molecular formula is C9H20NO4P. The average Bonchev–Trinajstić information content (AvgIpc) is 2.18. The lowest BCUT2D eigenvalue weighted by Crippen LogP contribution is -2.24. The molecule has 0 rings (SSSR count). The smallest absolute Gasteiger partial charge is 0.346 e. The Labute approximate surface area is 91.1 Å². The molecule has 0 saturated heterocycles. The summed E-state index contributed by atoms with van der Waals surface area (Å²) in [6.07, 6.45) is 1.82. The van der Waals surface area contributed by atoms with Crippen molar-refractivity contribution in [2.45, 2.75) is 33.6 Å². The largest absolute Gasteiger partial charge is 0.418 e. The summed E-state index contributed by atoms with van der Waals surface area (Å²) in [6.45, 7) is 6.24. The molecule has 0 aliphatic rings. The summed E-state index contributed by atoms with van der Waals surface area (Å²) < 4.78 is 21.6. The Kier molecular flexibility index (Phi) is 7.65. The Balaban J connectivity index is 4.22. The second-order valence-electron chi connectivity index (χ2n) is 2.92. The molecule has 0 unspecified atom stereocenters. The van der Waals surface area contributed by atoms with Crippen molar-refractivity contribution in [3.63, 3.8) is 0 Å². The van der Waals surface area contributed by atoms with E-state index in [4.69, 9.17) is 9.05 Å². The summed E-state index contributed by atoms with van der Waals surface area (Å²) in [7, 11) is -3.60. The van der Waals surface area contributed by atoms with E-state index < -0.39 is 13.2 Å². The van der Waals surface area contributed by atoms with Gasteiger partial charge in [0.25, 0.3) is 0 Å². The lowest BCUT2D eigenvalue weighted by atomic mass is 10.3. The third-order valence-electron chi connectivity index (χ3n) is 1.65. The van der Waals surface area contributed by atoms with Crippen LogP contribution in [-0.4, -0.2) is 25.4 Å². The maximum absolute atomic E-state index is 11.9. The number of rotatable bonds is 8. The molecule has 0 atom stereocenters. The molecule has 15 heavy (non-hydrogen) atoms. The second kappa shape index (κ2) is 7.85. The van der Waals surface area contributed by atoms with Gasteiger partial charge in [-0.3, -0.25) is 4.79 Å². The van der Waals surface area contributed by atoms with Crippen LogP contribution in [0.4, 0.5) is 4.79 Å². The van der Waals surface area contributed by atoms with Crippen LogP contribution in [0.3, 0.4) is 0 Å². The predicted molar refractivity (Wildman–Crippen MR) is 59.2 cm³/mol. The van der Waals surface area contributed by atoms with Crippen LogP contribution in [0, 0.1) is 0 Å². The highest BCUT2D eigenvalue weighted by Crippen LogP contribution is 2.48. The highest BCUT2D eigenvalue weighted by molar-refractivity contribution is 7.71. The predicted octanol–water partition coefficient (Wildman–Crippen LogP) is 2.76. The van der Waals surface area contributed by atoms with Crippen LogP contribution in [-0.2, 0) is 13.6 Å². The Hall–Kier alpha value is -0.380. The molecule has 0 heterocycles. The van der Waals surface area contributed by atoms with Gasteiger partial charge in [-0.2, -0.15) is 0 Å². The Morgan fingerprint density at radius 1 is 1.20 bits per heavy atom. The van der Waals surface area contributed by atoms with Crippen molar-refractivity contribution in [3.8, 4) is 0 Å². The highest BCUT2D eigenvalue weighted by atomic mass is 31.2. The monoisotopic (exact) mass is 237 g/mol. The van der Waals surface area contributed by atoms with Crippen LogP contribution in [0.2, 0.25) is 0 Å². The minimum Gasteiger partial charge on any atom is -0.346 e. The van der Waals surface area contributed by atoms with E-state index in [-0.39, 0.29) is 13.2 Å². The molecule has 1 N–H and O–H groups in total. The quantitative estimate of drug-likeness (QED) is 0.520. The Morgan fingerprint density at radius 2 is 1.73 bits per heavy atom. The Morgan fingerprint density at radius 3 is 2.13 bits per heavy atom. The van der Waals surface area contributed by atoms with Gasteiger partial charge in [0.2, 0.25) is 0 Å². The molecule has 0 aromatic carbocycles. The van der Waals surface area contributed by atoms with E-state index in [1.54, 1.807) is 13.8 Å². The molecule has 6 heteroatoms. The molecule has 90 valence electrons. The van der Waals surface area contributed by atoms with Crippen LogP contribution < -0.4 is 5.32 Å². The minimum absolute atomic E-state index is 0.193. The molecule has 0 aliphatic carbocycles. The molecule has 1 amide bonds. The van der Waals surface area contributed by atoms with E-state index in [2.05, 4.69) is 5.32 Å². The van der Waals surface area contributed by atoms with Crippen molar-refractivity contribution in [2.24, 2.45) is 0 Å². The number of unbranched alkanes of at least 4 members (excludes halogenated alkanes) is 1. The fourth-order valence-electron chi connectivity index (χ4n) is 0.963. The van der Waals surface area contributed by atoms with Crippen molar-refractivity contribution in [2.75, 3.05) is 19.8 Å². The summed E-state index contributed by atoms with van der Waals surface area (Å²) in [4.78, 5) is 11.5. The minimum atomic E-state index is -3.60. The van der Waals surface area contributed by atoms with Crippen molar-refractivity contribution in [1.82, 2.24) is 5.32 Å². The lowest BCUT2D eigenvalue weighted by Gasteiger charge is -2.15. The summed E-state index contributed by atoms with van der Waals surface area (Å²) in [6, 6.07) is 0. The highest BCUT2D eigenvalue weighted by Gasteiger charge is 2.33. The van der Waals surface area contributed by atoms with Gasteiger partial charge < -0.3 is 14.4 Å². The fourth-order valence-corrected chi connectivity index (χ4v) is 2.26. The number of nitrogens with one attached hydrogen (secondary N) is 1. The lowest BCUT2D eigenvalue weighted by molar-refractivity contribution is 0.207. The summed E-state index contributed by atoms with van der Waals surface area (Å²) >= 11 is 0. The van der Waals surface area contributed by atoms with Gasteiger partial charge in [0, 0.05) is 6.54 Å². The summed E-state index contributed by atoms with van der Waals surface area (Å²) in [5.41, 5.74) is -0.639. The van der Waals surface area contributed by atoms with E-state index in [1.807, 2.05) is 6.92 Å². The third kappa shape index (κ3) is 5.30. The molecule has 0 fully saturated rings. The SMILES string of the molecule is CCCCNC(=O)P(=O)(OCC)OCC. The molecule has 0 aliphatic heterocycles. The molecular weight excluding hydrogens is 217 g/mol. The van der Waals surface area contributed by atoms with Crippen molar-refractivity contribution in [1.29, 1.82) is 0 Å². The number of carbonyl (C=O) groups is 1. The van der Waals surface area contributed by atoms with Crippen molar-refractivity contribution in [3.05, 3.63) is 0 Å². The molecule has 0 aromatic heterocycles. The zero-order valence-electron chi connectivity index (χ0n) is 9.62. The van der Waals surface area contributed by atoms with Crippen LogP contribution in [0.25, 0.3) is 0 Å². The Bertz CT molecular complexity index is 222. The van der Waals surface area contributed by atoms with Gasteiger partial charge in [-0.05, 0) is 20.3 Å². The first kappa shape index (κ1) is 14.6. The topological polar surface area (TPSA) is 64.6 Å². The van der Waals surface area contributed by atoms with E-state index in [9.17, 15) is 9.36 Å². The first-order valence-electron chi connectivity index (χ1n) is 5.28. The standard InChI is InChI=1S/C9H20NO4P/c1-4-7-8-10-9(11)15(12,13-5-2)14-6-3/h4-8H2,1-3H3,(H,10,11). The van der Waals surface area contributed by atoms with Gasteiger partial charge in [0.15, 0.2) is 0 Å². The van der Waals surface area contributed by atoms with E-state index >= 15 is 0 Å². The van der Waals surface area contributed by atoms with Crippen LogP contribution in [0.5, 0.6) is 0 Å². The van der Waals surface area contributed by atoms with E-state index in [1.165, 1.54) is 0 Å². The zero-order valence-corrected chi connectivity index (χ0v) is 10.5. The molecule has 0 radical (unpaired) electrons. The van der Waals surface area contributed by atoms with Crippen LogP contribution in [0.1, 0.15) is 33.6 Å². The maximum Gasteiger partial charge on any atom is 0.418 e. The van der Waals surface area contributed by atoms with Crippen molar-refractivity contribution < 1.29 is 18.4 Å². The second-order valence-corrected chi connectivity index (χ2v) is 4.84. The van der Waals surface area contributed by atoms with Gasteiger partial charge in [0.05, 0.1) is 13.2 Å². The van der Waals surface area contributed by atoms with Crippen LogP contribution >= 0.6 is 7.60 Å². The van der Waals surface area contributed by atoms with E-state index in [0.717, 1.165) is 12.8 Å². The van der Waals surface area contributed by atoms with E-state index in [0.29, 0.717) is 6.54 Å². The normalized spacial score (nSPS) is 11.4. The summed E-state index contributed by atoms with van der Waals surface area (Å²) in [5.74, 6) is 0. The molecule has 0 aromatic rings. The van der Waals surface area contributed by atoms with Gasteiger partial charge in [-0.1, -0.05) is 13.3 Å². The van der Waals surface area contributed by atoms with Gasteiger partial charge >= 0.3 is 13.2 Å². The van der Waals surface area contributed by atoms with Gasteiger partial charge in [-0.25, -0.2) is 4.57 Å². The van der Waals surface area contributed by atoms with Gasteiger partial charge in [0.1, 0.15) is 0 Å². The molecule has 0 saturated carbocycles. The number of hydrogen-bond acceptors (Lipinski definition) is 4. The van der Waals surface area contributed by atoms with Crippen molar-refractivity contribution >= 4 is 13.2 Å². The number of carbonyl (C=O) groups excluding carboxylic acids is 1. The molecule has 0 bridgehead atoms. The fraction of sp³-hybridized carbons (Fsp3) is 0.889. The zero-order chi connectivity index (χ0) is 11.7.